The van der Waals surface area contributed by atoms with Crippen molar-refractivity contribution in [1.82, 2.24) is 19.3 Å². The van der Waals surface area contributed by atoms with Crippen LogP contribution in [0.1, 0.15) is 37.5 Å². The number of sulfonamides is 1. The molecule has 0 bridgehead atoms. The smallest absolute Gasteiger partial charge is 0.243 e. The van der Waals surface area contributed by atoms with Gasteiger partial charge in [-0.15, -0.1) is 0 Å². The number of rotatable bonds is 7. The second-order valence-corrected chi connectivity index (χ2v) is 8.87. The molecule has 1 saturated heterocycles. The first-order valence-electron chi connectivity index (χ1n) is 9.47. The van der Waals surface area contributed by atoms with Gasteiger partial charge in [-0.2, -0.15) is 9.29 Å². The Kier molecular flexibility index (Phi) is 6.14. The number of amides is 1. The Morgan fingerprint density at radius 3 is 2.75 bits per heavy atom. The topological polar surface area (TPSA) is 96.6 Å². The Balaban J connectivity index is 1.72. The molecule has 152 valence electrons. The first-order valence-corrected chi connectivity index (χ1v) is 10.9. The zero-order valence-corrected chi connectivity index (χ0v) is 17.3. The zero-order valence-electron chi connectivity index (χ0n) is 16.5. The highest BCUT2D eigenvalue weighted by molar-refractivity contribution is 7.89. The molecule has 1 aromatic heterocycles. The van der Waals surface area contributed by atoms with Gasteiger partial charge >= 0.3 is 0 Å². The van der Waals surface area contributed by atoms with Crippen LogP contribution < -0.4 is 0 Å². The van der Waals surface area contributed by atoms with Gasteiger partial charge in [0.15, 0.2) is 5.82 Å². The first-order chi connectivity index (χ1) is 13.3. The van der Waals surface area contributed by atoms with Crippen molar-refractivity contribution in [2.45, 2.75) is 51.0 Å². The van der Waals surface area contributed by atoms with E-state index in [-0.39, 0.29) is 11.9 Å². The van der Waals surface area contributed by atoms with Crippen molar-refractivity contribution < 1.29 is 17.7 Å². The number of aromatic nitrogens is 2. The Hall–Kier alpha value is -2.26. The Bertz CT molecular complexity index is 941. The molecule has 1 aliphatic heterocycles. The first kappa shape index (κ1) is 20.5. The van der Waals surface area contributed by atoms with Crippen LogP contribution in [0.25, 0.3) is 0 Å². The van der Waals surface area contributed by atoms with E-state index in [0.29, 0.717) is 55.5 Å². The van der Waals surface area contributed by atoms with Crippen molar-refractivity contribution in [1.29, 1.82) is 0 Å². The summed E-state index contributed by atoms with van der Waals surface area (Å²) in [5.41, 5.74) is 0.807. The van der Waals surface area contributed by atoms with Gasteiger partial charge in [-0.3, -0.25) is 4.79 Å². The van der Waals surface area contributed by atoms with Crippen LogP contribution in [0.2, 0.25) is 0 Å². The molecule has 1 amide bonds. The quantitative estimate of drug-likeness (QED) is 0.696. The standard InChI is InChI=1S/C19H26N4O4S/c1-4-16-7-5-6-8-18(16)28(25,26)22-11-9-17(13-22)23(15(3)24)12-10-19-20-14(2)27-21-19/h5-8,17H,4,9-13H2,1-3H3. The van der Waals surface area contributed by atoms with E-state index >= 15 is 0 Å². The summed E-state index contributed by atoms with van der Waals surface area (Å²) in [5, 5.41) is 3.86. The van der Waals surface area contributed by atoms with Gasteiger partial charge in [0.05, 0.1) is 4.90 Å². The average Bonchev–Trinajstić information content (AvgIpc) is 3.31. The molecular formula is C19H26N4O4S. The van der Waals surface area contributed by atoms with Crippen LogP contribution in [-0.4, -0.2) is 59.3 Å². The summed E-state index contributed by atoms with van der Waals surface area (Å²) in [5.74, 6) is 0.943. The monoisotopic (exact) mass is 406 g/mol. The normalized spacial score (nSPS) is 17.8. The third kappa shape index (κ3) is 4.25. The van der Waals surface area contributed by atoms with Crippen molar-refractivity contribution in [3.05, 3.63) is 41.5 Å². The van der Waals surface area contributed by atoms with Gasteiger partial charge in [-0.05, 0) is 24.5 Å². The molecule has 1 aliphatic rings. The van der Waals surface area contributed by atoms with Gasteiger partial charge in [0.25, 0.3) is 0 Å². The molecule has 0 saturated carbocycles. The summed E-state index contributed by atoms with van der Waals surface area (Å²) in [6.45, 7) is 6.29. The van der Waals surface area contributed by atoms with Crippen molar-refractivity contribution in [3.8, 4) is 0 Å². The van der Waals surface area contributed by atoms with Crippen molar-refractivity contribution in [2.75, 3.05) is 19.6 Å². The number of carbonyl (C=O) groups excluding carboxylic acids is 1. The number of carbonyl (C=O) groups is 1. The third-order valence-corrected chi connectivity index (χ3v) is 7.05. The summed E-state index contributed by atoms with van der Waals surface area (Å²) < 4.78 is 32.7. The van der Waals surface area contributed by atoms with Crippen molar-refractivity contribution >= 4 is 15.9 Å². The third-order valence-electron chi connectivity index (χ3n) is 5.09. The Morgan fingerprint density at radius 2 is 2.11 bits per heavy atom. The molecule has 0 aliphatic carbocycles. The van der Waals surface area contributed by atoms with Crippen molar-refractivity contribution in [2.24, 2.45) is 0 Å². The fraction of sp³-hybridized carbons (Fsp3) is 0.526. The van der Waals surface area contributed by atoms with E-state index in [4.69, 9.17) is 4.52 Å². The summed E-state index contributed by atoms with van der Waals surface area (Å²) in [6.07, 6.45) is 1.73. The maximum absolute atomic E-state index is 13.1. The molecule has 1 aromatic carbocycles. The molecule has 28 heavy (non-hydrogen) atoms. The summed E-state index contributed by atoms with van der Waals surface area (Å²) >= 11 is 0. The molecule has 2 aromatic rings. The lowest BCUT2D eigenvalue weighted by molar-refractivity contribution is -0.130. The summed E-state index contributed by atoms with van der Waals surface area (Å²) in [7, 11) is -3.58. The van der Waals surface area contributed by atoms with Gasteiger partial charge in [-0.25, -0.2) is 8.42 Å². The molecule has 0 radical (unpaired) electrons. The second-order valence-electron chi connectivity index (χ2n) is 6.96. The maximum Gasteiger partial charge on any atom is 0.243 e. The molecule has 2 heterocycles. The lowest BCUT2D eigenvalue weighted by atomic mass is 10.2. The predicted octanol–water partition coefficient (Wildman–Crippen LogP) is 1.79. The van der Waals surface area contributed by atoms with Gasteiger partial charge < -0.3 is 9.42 Å². The molecule has 1 fully saturated rings. The Morgan fingerprint density at radius 1 is 1.36 bits per heavy atom. The van der Waals surface area contributed by atoms with E-state index in [1.165, 1.54) is 11.2 Å². The summed E-state index contributed by atoms with van der Waals surface area (Å²) in [6, 6.07) is 6.93. The molecule has 9 heteroatoms. The maximum atomic E-state index is 13.1. The summed E-state index contributed by atoms with van der Waals surface area (Å²) in [4.78, 5) is 18.4. The number of nitrogens with zero attached hydrogens (tertiary/aromatic N) is 4. The van der Waals surface area contributed by atoms with E-state index < -0.39 is 10.0 Å². The number of aryl methyl sites for hydroxylation is 2. The highest BCUT2D eigenvalue weighted by Gasteiger charge is 2.36. The lowest BCUT2D eigenvalue weighted by Crippen LogP contribution is -2.42. The van der Waals surface area contributed by atoms with Crippen LogP contribution in [0.5, 0.6) is 0 Å². The van der Waals surface area contributed by atoms with Crippen molar-refractivity contribution in [3.63, 3.8) is 0 Å². The fourth-order valence-electron chi connectivity index (χ4n) is 3.63. The molecular weight excluding hydrogens is 380 g/mol. The molecule has 3 rings (SSSR count). The van der Waals surface area contributed by atoms with E-state index in [1.54, 1.807) is 24.0 Å². The van der Waals surface area contributed by atoms with Crippen LogP contribution in [0.15, 0.2) is 33.7 Å². The number of benzene rings is 1. The number of hydrogen-bond donors (Lipinski definition) is 0. The second kappa shape index (κ2) is 8.40. The average molecular weight is 407 g/mol. The minimum atomic E-state index is -3.58. The fourth-order valence-corrected chi connectivity index (χ4v) is 5.42. The lowest BCUT2D eigenvalue weighted by Gasteiger charge is -2.27. The largest absolute Gasteiger partial charge is 0.340 e. The van der Waals surface area contributed by atoms with Crippen LogP contribution >= 0.6 is 0 Å². The van der Waals surface area contributed by atoms with Crippen LogP contribution in [0.3, 0.4) is 0 Å². The molecule has 0 N–H and O–H groups in total. The minimum Gasteiger partial charge on any atom is -0.340 e. The molecule has 1 atom stereocenters. The predicted molar refractivity (Wildman–Crippen MR) is 103 cm³/mol. The highest BCUT2D eigenvalue weighted by atomic mass is 32.2. The van der Waals surface area contributed by atoms with E-state index in [0.717, 1.165) is 5.56 Å². The van der Waals surface area contributed by atoms with Crippen LogP contribution in [-0.2, 0) is 27.7 Å². The van der Waals surface area contributed by atoms with Crippen LogP contribution in [0, 0.1) is 6.92 Å². The van der Waals surface area contributed by atoms with Gasteiger partial charge in [0.2, 0.25) is 21.8 Å². The van der Waals surface area contributed by atoms with E-state index in [9.17, 15) is 13.2 Å². The van der Waals surface area contributed by atoms with E-state index in [2.05, 4.69) is 10.1 Å². The number of hydrogen-bond acceptors (Lipinski definition) is 6. The highest BCUT2D eigenvalue weighted by Crippen LogP contribution is 2.26. The molecule has 8 nitrogen and oxygen atoms in total. The van der Waals surface area contributed by atoms with Gasteiger partial charge in [-0.1, -0.05) is 30.3 Å². The van der Waals surface area contributed by atoms with Gasteiger partial charge in [0, 0.05) is 45.9 Å². The van der Waals surface area contributed by atoms with Gasteiger partial charge in [0.1, 0.15) is 0 Å². The molecule has 1 unspecified atom stereocenters. The molecule has 0 spiro atoms. The Labute approximate surface area is 165 Å². The van der Waals surface area contributed by atoms with Crippen LogP contribution in [0.4, 0.5) is 0 Å². The minimum absolute atomic E-state index is 0.0848. The SMILES string of the molecule is CCc1ccccc1S(=O)(=O)N1CCC(N(CCc2noc(C)n2)C(C)=O)C1. The zero-order chi connectivity index (χ0) is 20.3. The van der Waals surface area contributed by atoms with E-state index in [1.807, 2.05) is 19.1 Å².